The maximum absolute atomic E-state index is 11.9. The number of carbonyl (C=O) groups is 1. The van der Waals surface area contributed by atoms with Crippen molar-refractivity contribution in [1.29, 1.82) is 0 Å². The van der Waals surface area contributed by atoms with E-state index in [1.54, 1.807) is 0 Å². The number of para-hydroxylation sites is 1. The van der Waals surface area contributed by atoms with Crippen LogP contribution in [0.2, 0.25) is 0 Å². The van der Waals surface area contributed by atoms with Crippen LogP contribution in [0.15, 0.2) is 24.3 Å². The van der Waals surface area contributed by atoms with E-state index in [4.69, 9.17) is 4.74 Å². The first-order valence-electron chi connectivity index (χ1n) is 6.89. The Kier molecular flexibility index (Phi) is 3.19. The van der Waals surface area contributed by atoms with Crippen molar-refractivity contribution in [2.24, 2.45) is 0 Å². The Balaban J connectivity index is 1.85. The van der Waals surface area contributed by atoms with Gasteiger partial charge >= 0.3 is 5.97 Å². The zero-order valence-corrected chi connectivity index (χ0v) is 11.5. The number of anilines is 1. The van der Waals surface area contributed by atoms with Gasteiger partial charge in [0.05, 0.1) is 0 Å². The molecule has 102 valence electrons. The molecule has 0 aromatic heterocycles. The highest BCUT2D eigenvalue weighted by Crippen LogP contribution is 2.28. The van der Waals surface area contributed by atoms with Crippen LogP contribution in [0, 0.1) is 0 Å². The van der Waals surface area contributed by atoms with Crippen LogP contribution in [-0.4, -0.2) is 43.2 Å². The van der Waals surface area contributed by atoms with E-state index in [1.807, 2.05) is 6.92 Å². The summed E-state index contributed by atoms with van der Waals surface area (Å²) in [5, 5.41) is 0. The average molecular weight is 260 g/mol. The summed E-state index contributed by atoms with van der Waals surface area (Å²) in [5.41, 5.74) is 2.55. The van der Waals surface area contributed by atoms with Crippen molar-refractivity contribution >= 4 is 11.7 Å². The van der Waals surface area contributed by atoms with Gasteiger partial charge in [0.15, 0.2) is 0 Å². The Labute approximate surface area is 113 Å². The molecule has 2 aliphatic rings. The van der Waals surface area contributed by atoms with Gasteiger partial charge in [-0.1, -0.05) is 18.2 Å². The van der Waals surface area contributed by atoms with Gasteiger partial charge in [-0.3, -0.25) is 9.69 Å². The molecule has 2 atom stereocenters. The fraction of sp³-hybridized carbons (Fsp3) is 0.533. The van der Waals surface area contributed by atoms with E-state index in [1.165, 1.54) is 11.3 Å². The van der Waals surface area contributed by atoms with E-state index in [0.29, 0.717) is 0 Å². The Bertz CT molecular complexity index is 489. The minimum atomic E-state index is -0.0745. The molecule has 0 bridgehead atoms. The molecule has 1 aromatic carbocycles. The highest BCUT2D eigenvalue weighted by atomic mass is 16.6. The Morgan fingerprint density at radius 1 is 1.26 bits per heavy atom. The second kappa shape index (κ2) is 4.85. The summed E-state index contributed by atoms with van der Waals surface area (Å²) < 4.78 is 5.29. The average Bonchev–Trinajstić information content (AvgIpc) is 2.64. The molecule has 1 aromatic rings. The number of esters is 1. The Morgan fingerprint density at radius 3 is 2.79 bits per heavy atom. The maximum Gasteiger partial charge on any atom is 0.323 e. The number of likely N-dealkylation sites (N-methyl/N-ethyl adjacent to an activating group) is 1. The van der Waals surface area contributed by atoms with Crippen molar-refractivity contribution in [3.63, 3.8) is 0 Å². The predicted octanol–water partition coefficient (Wildman–Crippen LogP) is 1.64. The molecule has 3 rings (SSSR count). The number of nitrogens with zero attached hydrogens (tertiary/aromatic N) is 2. The molecule has 0 radical (unpaired) electrons. The van der Waals surface area contributed by atoms with E-state index in [-0.39, 0.29) is 18.1 Å². The standard InChI is InChI=1S/C15H20N2O2/c1-11-9-14(15(18)19-11)17-8-7-16(2)13-6-4-3-5-12(13)10-17/h3-6,11,14H,7-10H2,1-2H3/t11-,14-/m0/s1. The zero-order valence-electron chi connectivity index (χ0n) is 11.5. The first kappa shape index (κ1) is 12.5. The van der Waals surface area contributed by atoms with Gasteiger partial charge in [0.25, 0.3) is 0 Å². The zero-order chi connectivity index (χ0) is 13.4. The molecule has 4 nitrogen and oxygen atoms in total. The van der Waals surface area contributed by atoms with Crippen LogP contribution in [0.5, 0.6) is 0 Å². The molecule has 1 fully saturated rings. The summed E-state index contributed by atoms with van der Waals surface area (Å²) in [7, 11) is 2.11. The second-order valence-corrected chi connectivity index (χ2v) is 5.52. The number of benzene rings is 1. The summed E-state index contributed by atoms with van der Waals surface area (Å²) >= 11 is 0. The third-order valence-corrected chi connectivity index (χ3v) is 4.08. The van der Waals surface area contributed by atoms with Gasteiger partial charge in [-0.2, -0.15) is 0 Å². The molecule has 0 amide bonds. The highest BCUT2D eigenvalue weighted by molar-refractivity contribution is 5.78. The van der Waals surface area contributed by atoms with E-state index in [0.717, 1.165) is 26.1 Å². The molecule has 0 saturated carbocycles. The van der Waals surface area contributed by atoms with Crippen molar-refractivity contribution in [3.8, 4) is 0 Å². The van der Waals surface area contributed by atoms with E-state index in [2.05, 4.69) is 41.1 Å². The first-order chi connectivity index (χ1) is 9.15. The largest absolute Gasteiger partial charge is 0.461 e. The van der Waals surface area contributed by atoms with Gasteiger partial charge in [-0.05, 0) is 18.6 Å². The molecule has 2 heterocycles. The number of cyclic esters (lactones) is 1. The molecule has 0 unspecified atom stereocenters. The minimum Gasteiger partial charge on any atom is -0.461 e. The highest BCUT2D eigenvalue weighted by Gasteiger charge is 2.37. The van der Waals surface area contributed by atoms with Gasteiger partial charge in [-0.15, -0.1) is 0 Å². The fourth-order valence-corrected chi connectivity index (χ4v) is 3.01. The summed E-state index contributed by atoms with van der Waals surface area (Å²) in [6.45, 7) is 4.63. The summed E-state index contributed by atoms with van der Waals surface area (Å²) in [6, 6.07) is 8.35. The van der Waals surface area contributed by atoms with Gasteiger partial charge < -0.3 is 9.64 Å². The van der Waals surface area contributed by atoms with Crippen LogP contribution in [-0.2, 0) is 16.1 Å². The molecular formula is C15H20N2O2. The molecule has 2 aliphatic heterocycles. The Hall–Kier alpha value is -1.55. The van der Waals surface area contributed by atoms with E-state index in [9.17, 15) is 4.79 Å². The quantitative estimate of drug-likeness (QED) is 0.719. The summed E-state index contributed by atoms with van der Waals surface area (Å²) in [4.78, 5) is 16.4. The van der Waals surface area contributed by atoms with Gasteiger partial charge in [0, 0.05) is 38.8 Å². The first-order valence-corrected chi connectivity index (χ1v) is 6.89. The second-order valence-electron chi connectivity index (χ2n) is 5.52. The van der Waals surface area contributed by atoms with Crippen molar-refractivity contribution in [1.82, 2.24) is 4.90 Å². The van der Waals surface area contributed by atoms with Gasteiger partial charge in [0.2, 0.25) is 0 Å². The van der Waals surface area contributed by atoms with Crippen LogP contribution >= 0.6 is 0 Å². The molecule has 0 aliphatic carbocycles. The lowest BCUT2D eigenvalue weighted by Gasteiger charge is -2.24. The summed E-state index contributed by atoms with van der Waals surface area (Å²) in [6.07, 6.45) is 0.860. The van der Waals surface area contributed by atoms with Crippen LogP contribution in [0.3, 0.4) is 0 Å². The lowest BCUT2D eigenvalue weighted by atomic mass is 10.1. The number of hydrogen-bond acceptors (Lipinski definition) is 4. The number of fused-ring (bicyclic) bond motifs is 1. The van der Waals surface area contributed by atoms with Crippen molar-refractivity contribution in [2.45, 2.75) is 32.0 Å². The lowest BCUT2D eigenvalue weighted by Crippen LogP contribution is -2.40. The molecule has 1 saturated heterocycles. The van der Waals surface area contributed by atoms with Crippen LogP contribution in [0.25, 0.3) is 0 Å². The van der Waals surface area contributed by atoms with Crippen molar-refractivity contribution in [2.75, 3.05) is 25.0 Å². The molecule has 4 heteroatoms. The van der Waals surface area contributed by atoms with E-state index >= 15 is 0 Å². The Morgan fingerprint density at radius 2 is 2.05 bits per heavy atom. The third-order valence-electron chi connectivity index (χ3n) is 4.08. The monoisotopic (exact) mass is 260 g/mol. The third kappa shape index (κ3) is 2.32. The predicted molar refractivity (Wildman–Crippen MR) is 74.1 cm³/mol. The van der Waals surface area contributed by atoms with Crippen LogP contribution in [0.1, 0.15) is 18.9 Å². The molecule has 0 spiro atoms. The number of rotatable bonds is 1. The lowest BCUT2D eigenvalue weighted by molar-refractivity contribution is -0.144. The summed E-state index contributed by atoms with van der Waals surface area (Å²) in [5.74, 6) is -0.0606. The smallest absolute Gasteiger partial charge is 0.323 e. The normalized spacial score (nSPS) is 27.9. The van der Waals surface area contributed by atoms with Crippen molar-refractivity contribution < 1.29 is 9.53 Å². The number of carbonyl (C=O) groups excluding carboxylic acids is 1. The minimum absolute atomic E-state index is 0.0497. The van der Waals surface area contributed by atoms with E-state index < -0.39 is 0 Å². The molecule has 0 N–H and O–H groups in total. The molecular weight excluding hydrogens is 240 g/mol. The maximum atomic E-state index is 11.9. The van der Waals surface area contributed by atoms with Gasteiger partial charge in [-0.25, -0.2) is 0 Å². The number of ether oxygens (including phenoxy) is 1. The van der Waals surface area contributed by atoms with Crippen molar-refractivity contribution in [3.05, 3.63) is 29.8 Å². The topological polar surface area (TPSA) is 32.8 Å². The van der Waals surface area contributed by atoms with Crippen LogP contribution in [0.4, 0.5) is 5.69 Å². The SMILES string of the molecule is C[C@H]1C[C@H](N2CCN(C)c3ccccc3C2)C(=O)O1. The van der Waals surface area contributed by atoms with Gasteiger partial charge in [0.1, 0.15) is 12.1 Å². The van der Waals surface area contributed by atoms with Crippen LogP contribution < -0.4 is 4.90 Å². The number of hydrogen-bond donors (Lipinski definition) is 0. The molecule has 19 heavy (non-hydrogen) atoms. The fourth-order valence-electron chi connectivity index (χ4n) is 3.01.